The first-order chi connectivity index (χ1) is 8.50. The van der Waals surface area contributed by atoms with Gasteiger partial charge < -0.3 is 0 Å². The molecule has 1 rings (SSSR count). The van der Waals surface area contributed by atoms with Crippen molar-refractivity contribution in [2.24, 2.45) is 12.5 Å². The summed E-state index contributed by atoms with van der Waals surface area (Å²) >= 11 is 0. The number of aryl methyl sites for hydroxylation is 2. The van der Waals surface area contributed by atoms with Gasteiger partial charge >= 0.3 is 0 Å². The molecule has 0 aromatic carbocycles. The molecule has 18 heavy (non-hydrogen) atoms. The monoisotopic (exact) mass is 251 g/mol. The summed E-state index contributed by atoms with van der Waals surface area (Å²) in [5.74, 6) is 0. The Kier molecular flexibility index (Phi) is 5.83. The Hall–Kier alpha value is -0.860. The van der Waals surface area contributed by atoms with Crippen molar-refractivity contribution in [1.29, 1.82) is 0 Å². The third-order valence-electron chi connectivity index (χ3n) is 4.06. The summed E-state index contributed by atoms with van der Waals surface area (Å²) in [5, 5.41) is 8.84. The van der Waals surface area contributed by atoms with E-state index in [0.29, 0.717) is 5.41 Å². The second kappa shape index (κ2) is 6.91. The molecule has 1 aromatic rings. The molecular weight excluding hydrogens is 222 g/mol. The Bertz CT molecular complexity index is 357. The summed E-state index contributed by atoms with van der Waals surface area (Å²) in [6, 6.07) is 0. The summed E-state index contributed by atoms with van der Waals surface area (Å²) in [4.78, 5) is 1.69. The molecule has 0 saturated heterocycles. The Balaban J connectivity index is 2.56. The predicted octanol–water partition coefficient (Wildman–Crippen LogP) is 4.05. The molecule has 1 atom stereocenters. The van der Waals surface area contributed by atoms with Crippen LogP contribution in [0.1, 0.15) is 70.7 Å². The third kappa shape index (κ3) is 4.43. The molecule has 0 saturated carbocycles. The van der Waals surface area contributed by atoms with Crippen LogP contribution in [0.5, 0.6) is 0 Å². The van der Waals surface area contributed by atoms with Crippen LogP contribution in [0.25, 0.3) is 0 Å². The second-order valence-electron chi connectivity index (χ2n) is 5.87. The molecule has 0 amide bonds. The van der Waals surface area contributed by atoms with Gasteiger partial charge in [0.05, 0.1) is 11.4 Å². The van der Waals surface area contributed by atoms with Gasteiger partial charge in [-0.05, 0) is 25.2 Å². The van der Waals surface area contributed by atoms with Gasteiger partial charge in [-0.1, -0.05) is 52.9 Å². The van der Waals surface area contributed by atoms with Crippen molar-refractivity contribution in [2.75, 3.05) is 0 Å². The van der Waals surface area contributed by atoms with E-state index in [1.54, 1.807) is 4.80 Å². The molecule has 0 aliphatic rings. The van der Waals surface area contributed by atoms with Gasteiger partial charge in [0, 0.05) is 7.05 Å². The van der Waals surface area contributed by atoms with Crippen LogP contribution < -0.4 is 0 Å². The van der Waals surface area contributed by atoms with E-state index in [1.807, 2.05) is 7.05 Å². The molecule has 0 bridgehead atoms. The van der Waals surface area contributed by atoms with Crippen molar-refractivity contribution in [3.63, 3.8) is 0 Å². The lowest BCUT2D eigenvalue weighted by atomic mass is 9.78. The zero-order chi connectivity index (χ0) is 13.6. The average molecular weight is 251 g/mol. The van der Waals surface area contributed by atoms with E-state index >= 15 is 0 Å². The van der Waals surface area contributed by atoms with Crippen LogP contribution in [0, 0.1) is 12.3 Å². The zero-order valence-electron chi connectivity index (χ0n) is 12.8. The quantitative estimate of drug-likeness (QED) is 0.652. The standard InChI is InChI=1S/C15H29N3/c1-6-8-9-10-11-15(4,7-2)12-14-13(3)16-18(5)17-14/h6-12H2,1-5H3. The molecule has 0 spiro atoms. The molecule has 3 nitrogen and oxygen atoms in total. The lowest BCUT2D eigenvalue weighted by molar-refractivity contribution is 0.267. The smallest absolute Gasteiger partial charge is 0.0861 e. The van der Waals surface area contributed by atoms with Gasteiger partial charge in [0.25, 0.3) is 0 Å². The van der Waals surface area contributed by atoms with E-state index in [9.17, 15) is 0 Å². The van der Waals surface area contributed by atoms with Crippen LogP contribution in [-0.2, 0) is 13.5 Å². The SMILES string of the molecule is CCCCCCC(C)(CC)Cc1nn(C)nc1C. The lowest BCUT2D eigenvalue weighted by Gasteiger charge is -2.27. The van der Waals surface area contributed by atoms with Gasteiger partial charge in [-0.15, -0.1) is 0 Å². The second-order valence-corrected chi connectivity index (χ2v) is 5.87. The first kappa shape index (κ1) is 15.2. The van der Waals surface area contributed by atoms with Crippen LogP contribution in [0.15, 0.2) is 0 Å². The van der Waals surface area contributed by atoms with E-state index in [-0.39, 0.29) is 0 Å². The number of aromatic nitrogens is 3. The maximum atomic E-state index is 4.49. The highest BCUT2D eigenvalue weighted by Gasteiger charge is 2.24. The fraction of sp³-hybridized carbons (Fsp3) is 0.867. The fourth-order valence-electron chi connectivity index (χ4n) is 2.48. The molecule has 0 fully saturated rings. The molecule has 1 unspecified atom stereocenters. The number of hydrogen-bond donors (Lipinski definition) is 0. The summed E-state index contributed by atoms with van der Waals surface area (Å²) in [5.41, 5.74) is 2.65. The molecule has 0 aliphatic carbocycles. The van der Waals surface area contributed by atoms with E-state index in [0.717, 1.165) is 12.1 Å². The predicted molar refractivity (Wildman–Crippen MR) is 76.6 cm³/mol. The Labute approximate surface area is 112 Å². The minimum Gasteiger partial charge on any atom is -0.188 e. The summed E-state index contributed by atoms with van der Waals surface area (Å²) in [6.07, 6.45) is 8.98. The topological polar surface area (TPSA) is 30.7 Å². The Morgan fingerprint density at radius 3 is 2.33 bits per heavy atom. The first-order valence-corrected chi connectivity index (χ1v) is 7.37. The maximum absolute atomic E-state index is 4.49. The fourth-order valence-corrected chi connectivity index (χ4v) is 2.48. The molecule has 0 radical (unpaired) electrons. The van der Waals surface area contributed by atoms with Crippen molar-refractivity contribution in [3.05, 3.63) is 11.4 Å². The van der Waals surface area contributed by atoms with Gasteiger partial charge in [0.1, 0.15) is 0 Å². The van der Waals surface area contributed by atoms with Crippen LogP contribution in [0.3, 0.4) is 0 Å². The van der Waals surface area contributed by atoms with E-state index < -0.39 is 0 Å². The Morgan fingerprint density at radius 1 is 1.11 bits per heavy atom. The van der Waals surface area contributed by atoms with Gasteiger partial charge in [-0.2, -0.15) is 15.0 Å². The van der Waals surface area contributed by atoms with Crippen molar-refractivity contribution < 1.29 is 0 Å². The molecule has 3 heteroatoms. The largest absolute Gasteiger partial charge is 0.188 e. The molecule has 0 N–H and O–H groups in total. The van der Waals surface area contributed by atoms with Gasteiger partial charge in [0.2, 0.25) is 0 Å². The number of rotatable bonds is 8. The van der Waals surface area contributed by atoms with E-state index in [2.05, 4.69) is 37.9 Å². The summed E-state index contributed by atoms with van der Waals surface area (Å²) in [6.45, 7) is 9.02. The lowest BCUT2D eigenvalue weighted by Crippen LogP contribution is -2.19. The van der Waals surface area contributed by atoms with Gasteiger partial charge in [-0.3, -0.25) is 0 Å². The molecule has 1 heterocycles. The van der Waals surface area contributed by atoms with Crippen molar-refractivity contribution in [3.8, 4) is 0 Å². The minimum atomic E-state index is 0.383. The maximum Gasteiger partial charge on any atom is 0.0861 e. The van der Waals surface area contributed by atoms with Crippen LogP contribution in [0.2, 0.25) is 0 Å². The van der Waals surface area contributed by atoms with E-state index in [1.165, 1.54) is 44.2 Å². The van der Waals surface area contributed by atoms with Crippen LogP contribution in [0.4, 0.5) is 0 Å². The molecule has 0 aliphatic heterocycles. The van der Waals surface area contributed by atoms with Gasteiger partial charge in [-0.25, -0.2) is 0 Å². The highest BCUT2D eigenvalue weighted by molar-refractivity contribution is 5.08. The number of nitrogens with zero attached hydrogens (tertiary/aromatic N) is 3. The third-order valence-corrected chi connectivity index (χ3v) is 4.06. The van der Waals surface area contributed by atoms with Crippen LogP contribution >= 0.6 is 0 Å². The Morgan fingerprint density at radius 2 is 1.83 bits per heavy atom. The molecular formula is C15H29N3. The first-order valence-electron chi connectivity index (χ1n) is 7.37. The summed E-state index contributed by atoms with van der Waals surface area (Å²) in [7, 11) is 1.90. The van der Waals surface area contributed by atoms with Gasteiger partial charge in [0.15, 0.2) is 0 Å². The van der Waals surface area contributed by atoms with Crippen molar-refractivity contribution in [2.45, 2.75) is 72.6 Å². The normalized spacial score (nSPS) is 14.7. The molecule has 1 aromatic heterocycles. The van der Waals surface area contributed by atoms with Crippen molar-refractivity contribution in [1.82, 2.24) is 15.0 Å². The summed E-state index contributed by atoms with van der Waals surface area (Å²) < 4.78 is 0. The molecule has 104 valence electrons. The minimum absolute atomic E-state index is 0.383. The number of hydrogen-bond acceptors (Lipinski definition) is 2. The highest BCUT2D eigenvalue weighted by atomic mass is 15.5. The van der Waals surface area contributed by atoms with Crippen LogP contribution in [-0.4, -0.2) is 15.0 Å². The zero-order valence-corrected chi connectivity index (χ0v) is 12.8. The van der Waals surface area contributed by atoms with Crippen molar-refractivity contribution >= 4 is 0 Å². The van der Waals surface area contributed by atoms with E-state index in [4.69, 9.17) is 0 Å². The highest BCUT2D eigenvalue weighted by Crippen LogP contribution is 2.32. The average Bonchev–Trinajstić information content (AvgIpc) is 2.63. The number of unbranched alkanes of at least 4 members (excludes halogenated alkanes) is 3.